The molecule has 1 saturated heterocycles. The van der Waals surface area contributed by atoms with Crippen LogP contribution in [-0.2, 0) is 14.3 Å². The molecule has 100 valence electrons. The summed E-state index contributed by atoms with van der Waals surface area (Å²) in [6.45, 7) is 5.39. The SMILES string of the molecule is CCOC(=O)C(N)CN(C)CC1CCOCC1. The lowest BCUT2D eigenvalue weighted by molar-refractivity contribution is -0.145. The van der Waals surface area contributed by atoms with Crippen molar-refractivity contribution in [3.05, 3.63) is 0 Å². The zero-order chi connectivity index (χ0) is 12.7. The van der Waals surface area contributed by atoms with E-state index in [1.807, 2.05) is 7.05 Å². The standard InChI is InChI=1S/C12H24N2O3/c1-3-17-12(15)11(13)9-14(2)8-10-4-6-16-7-5-10/h10-11H,3-9,13H2,1-2H3. The van der Waals surface area contributed by atoms with E-state index in [0.29, 0.717) is 19.1 Å². The minimum atomic E-state index is -0.542. The third-order valence-corrected chi connectivity index (χ3v) is 3.01. The molecule has 5 nitrogen and oxygen atoms in total. The van der Waals surface area contributed by atoms with Crippen LogP contribution in [-0.4, -0.2) is 56.9 Å². The van der Waals surface area contributed by atoms with E-state index in [2.05, 4.69) is 4.90 Å². The van der Waals surface area contributed by atoms with Gasteiger partial charge in [-0.1, -0.05) is 0 Å². The van der Waals surface area contributed by atoms with Crippen molar-refractivity contribution in [3.63, 3.8) is 0 Å². The molecule has 0 aromatic carbocycles. The molecule has 1 rings (SSSR count). The lowest BCUT2D eigenvalue weighted by Crippen LogP contribution is -2.44. The highest BCUT2D eigenvalue weighted by atomic mass is 16.5. The normalized spacial score (nSPS) is 19.3. The van der Waals surface area contributed by atoms with Gasteiger partial charge in [0.05, 0.1) is 6.61 Å². The van der Waals surface area contributed by atoms with E-state index < -0.39 is 6.04 Å². The fourth-order valence-corrected chi connectivity index (χ4v) is 2.10. The first-order chi connectivity index (χ1) is 8.13. The van der Waals surface area contributed by atoms with E-state index in [0.717, 1.165) is 32.6 Å². The van der Waals surface area contributed by atoms with Crippen LogP contribution in [0.3, 0.4) is 0 Å². The van der Waals surface area contributed by atoms with Crippen molar-refractivity contribution in [2.75, 3.05) is 40.0 Å². The number of carbonyl (C=O) groups is 1. The lowest BCUT2D eigenvalue weighted by Gasteiger charge is -2.28. The monoisotopic (exact) mass is 244 g/mol. The Morgan fingerprint density at radius 2 is 2.18 bits per heavy atom. The van der Waals surface area contributed by atoms with Crippen molar-refractivity contribution in [1.29, 1.82) is 0 Å². The van der Waals surface area contributed by atoms with Gasteiger partial charge < -0.3 is 20.1 Å². The summed E-state index contributed by atoms with van der Waals surface area (Å²) in [5, 5.41) is 0. The third kappa shape index (κ3) is 5.48. The average Bonchev–Trinajstić information content (AvgIpc) is 2.30. The number of carbonyl (C=O) groups excluding carboxylic acids is 1. The van der Waals surface area contributed by atoms with Crippen molar-refractivity contribution < 1.29 is 14.3 Å². The minimum Gasteiger partial charge on any atom is -0.465 e. The van der Waals surface area contributed by atoms with Gasteiger partial charge in [0.25, 0.3) is 0 Å². The molecule has 1 atom stereocenters. The Kier molecular flexibility index (Phi) is 6.47. The van der Waals surface area contributed by atoms with Crippen molar-refractivity contribution in [2.45, 2.75) is 25.8 Å². The van der Waals surface area contributed by atoms with E-state index in [9.17, 15) is 4.79 Å². The number of nitrogens with zero attached hydrogens (tertiary/aromatic N) is 1. The number of esters is 1. The van der Waals surface area contributed by atoms with Crippen LogP contribution in [0, 0.1) is 5.92 Å². The molecule has 0 spiro atoms. The second kappa shape index (κ2) is 7.63. The van der Waals surface area contributed by atoms with Crippen LogP contribution in [0.1, 0.15) is 19.8 Å². The molecule has 1 fully saturated rings. The Labute approximate surface area is 103 Å². The summed E-state index contributed by atoms with van der Waals surface area (Å²) in [5.41, 5.74) is 5.77. The van der Waals surface area contributed by atoms with Gasteiger partial charge in [0.2, 0.25) is 0 Å². The summed E-state index contributed by atoms with van der Waals surface area (Å²) in [6.07, 6.45) is 2.19. The molecule has 2 N–H and O–H groups in total. The molecular formula is C12H24N2O3. The van der Waals surface area contributed by atoms with Gasteiger partial charge >= 0.3 is 5.97 Å². The summed E-state index contributed by atoms with van der Waals surface area (Å²) in [5.74, 6) is 0.342. The maximum Gasteiger partial charge on any atom is 0.324 e. The van der Waals surface area contributed by atoms with Crippen LogP contribution >= 0.6 is 0 Å². The van der Waals surface area contributed by atoms with E-state index >= 15 is 0 Å². The molecule has 0 aromatic heterocycles. The van der Waals surface area contributed by atoms with Crippen molar-refractivity contribution in [1.82, 2.24) is 4.90 Å². The highest BCUT2D eigenvalue weighted by Crippen LogP contribution is 2.15. The van der Waals surface area contributed by atoms with Gasteiger partial charge in [-0.15, -0.1) is 0 Å². The second-order valence-corrected chi connectivity index (χ2v) is 4.64. The van der Waals surface area contributed by atoms with Gasteiger partial charge in [0, 0.05) is 26.3 Å². The highest BCUT2D eigenvalue weighted by molar-refractivity contribution is 5.75. The molecule has 1 aliphatic rings. The van der Waals surface area contributed by atoms with Crippen molar-refractivity contribution >= 4 is 5.97 Å². The van der Waals surface area contributed by atoms with Crippen molar-refractivity contribution in [3.8, 4) is 0 Å². The number of hydrogen-bond acceptors (Lipinski definition) is 5. The fraction of sp³-hybridized carbons (Fsp3) is 0.917. The summed E-state index contributed by atoms with van der Waals surface area (Å²) >= 11 is 0. The maximum atomic E-state index is 11.4. The van der Waals surface area contributed by atoms with Crippen LogP contribution in [0.4, 0.5) is 0 Å². The van der Waals surface area contributed by atoms with Crippen LogP contribution in [0.5, 0.6) is 0 Å². The van der Waals surface area contributed by atoms with Gasteiger partial charge in [0.15, 0.2) is 0 Å². The number of likely N-dealkylation sites (N-methyl/N-ethyl adjacent to an activating group) is 1. The number of ether oxygens (including phenoxy) is 2. The largest absolute Gasteiger partial charge is 0.465 e. The summed E-state index contributed by atoms with van der Waals surface area (Å²) in [7, 11) is 1.99. The molecule has 0 bridgehead atoms. The molecule has 1 aliphatic heterocycles. The molecule has 0 saturated carbocycles. The molecule has 5 heteroatoms. The Hall–Kier alpha value is -0.650. The van der Waals surface area contributed by atoms with E-state index in [1.54, 1.807) is 6.92 Å². The van der Waals surface area contributed by atoms with Gasteiger partial charge in [-0.25, -0.2) is 0 Å². The van der Waals surface area contributed by atoms with Crippen LogP contribution < -0.4 is 5.73 Å². The van der Waals surface area contributed by atoms with Gasteiger partial charge in [0.1, 0.15) is 6.04 Å². The summed E-state index contributed by atoms with van der Waals surface area (Å²) < 4.78 is 10.2. The van der Waals surface area contributed by atoms with Gasteiger partial charge in [-0.3, -0.25) is 4.79 Å². The summed E-state index contributed by atoms with van der Waals surface area (Å²) in [4.78, 5) is 13.5. The van der Waals surface area contributed by atoms with Crippen LogP contribution in [0.2, 0.25) is 0 Å². The Balaban J connectivity index is 2.22. The quantitative estimate of drug-likeness (QED) is 0.678. The van der Waals surface area contributed by atoms with E-state index in [4.69, 9.17) is 15.2 Å². The highest BCUT2D eigenvalue weighted by Gasteiger charge is 2.20. The predicted molar refractivity (Wildman–Crippen MR) is 65.6 cm³/mol. The molecule has 1 unspecified atom stereocenters. The molecule has 17 heavy (non-hydrogen) atoms. The lowest BCUT2D eigenvalue weighted by atomic mass is 10.00. The van der Waals surface area contributed by atoms with E-state index in [-0.39, 0.29) is 5.97 Å². The smallest absolute Gasteiger partial charge is 0.324 e. The van der Waals surface area contributed by atoms with Crippen LogP contribution in [0.15, 0.2) is 0 Å². The molecule has 0 radical (unpaired) electrons. The second-order valence-electron chi connectivity index (χ2n) is 4.64. The molecule has 1 heterocycles. The van der Waals surface area contributed by atoms with Crippen molar-refractivity contribution in [2.24, 2.45) is 11.7 Å². The van der Waals surface area contributed by atoms with Gasteiger partial charge in [-0.2, -0.15) is 0 Å². The third-order valence-electron chi connectivity index (χ3n) is 3.01. The number of nitrogens with two attached hydrogens (primary N) is 1. The zero-order valence-electron chi connectivity index (χ0n) is 10.9. The number of rotatable bonds is 6. The van der Waals surface area contributed by atoms with Gasteiger partial charge in [-0.05, 0) is 32.7 Å². The molecular weight excluding hydrogens is 220 g/mol. The Morgan fingerprint density at radius 3 is 2.76 bits per heavy atom. The first kappa shape index (κ1) is 14.4. The van der Waals surface area contributed by atoms with Crippen LogP contribution in [0.25, 0.3) is 0 Å². The first-order valence-corrected chi connectivity index (χ1v) is 6.32. The Morgan fingerprint density at radius 1 is 1.53 bits per heavy atom. The Bertz CT molecular complexity index is 230. The zero-order valence-corrected chi connectivity index (χ0v) is 10.9. The van der Waals surface area contributed by atoms with E-state index in [1.165, 1.54) is 0 Å². The average molecular weight is 244 g/mol. The summed E-state index contributed by atoms with van der Waals surface area (Å²) in [6, 6.07) is -0.542. The molecule has 0 amide bonds. The predicted octanol–water partition coefficient (Wildman–Crippen LogP) is 0.235. The molecule has 0 aromatic rings. The fourth-order valence-electron chi connectivity index (χ4n) is 2.10. The first-order valence-electron chi connectivity index (χ1n) is 6.32. The minimum absolute atomic E-state index is 0.314. The molecule has 0 aliphatic carbocycles. The number of hydrogen-bond donors (Lipinski definition) is 1. The maximum absolute atomic E-state index is 11.4. The topological polar surface area (TPSA) is 64.8 Å².